The van der Waals surface area contributed by atoms with Crippen LogP contribution in [0.15, 0.2) is 36.4 Å². The number of piperazine rings is 1. The van der Waals surface area contributed by atoms with E-state index in [0.717, 1.165) is 79.1 Å². The summed E-state index contributed by atoms with van der Waals surface area (Å²) < 4.78 is 6.08. The van der Waals surface area contributed by atoms with E-state index >= 15 is 0 Å². The molecule has 0 spiro atoms. The Balaban J connectivity index is 0.00000433. The summed E-state index contributed by atoms with van der Waals surface area (Å²) in [5.41, 5.74) is 11.8. The Bertz CT molecular complexity index is 1400. The van der Waals surface area contributed by atoms with E-state index in [1.807, 2.05) is 54.0 Å². The summed E-state index contributed by atoms with van der Waals surface area (Å²) in [6.07, 6.45) is 3.28. The second-order valence-electron chi connectivity index (χ2n) is 13.3. The zero-order valence-corrected chi connectivity index (χ0v) is 27.3. The third-order valence-corrected chi connectivity index (χ3v) is 10.3. The summed E-state index contributed by atoms with van der Waals surface area (Å²) in [6.45, 7) is 10.5. The van der Waals surface area contributed by atoms with E-state index < -0.39 is 12.2 Å². The summed E-state index contributed by atoms with van der Waals surface area (Å²) in [5.74, 6) is -0.138. The lowest BCUT2D eigenvalue weighted by Crippen LogP contribution is -2.56. The van der Waals surface area contributed by atoms with Crippen LogP contribution in [0.3, 0.4) is 0 Å². The maximum absolute atomic E-state index is 14.0. The standard InChI is InChI=1S/C35H49N7O4.H2/c1-24-21-26(22-25(2)32(24)36)23-31(33(43)40-19-17-39(18-20-40)28-7-12-37-13-8-28)46-35(45)41-14-10-29(11-15-41)42-16-9-27-5-3-4-6-30(27)38-34(42)44;/h3-6,21-22,28-29,31,37H,7-20,23,36H2,1-2H3,(H,38,44);1H/t31-;/m1./s1. The van der Waals surface area contributed by atoms with Gasteiger partial charge < -0.3 is 35.8 Å². The molecule has 2 aromatic rings. The highest BCUT2D eigenvalue weighted by Crippen LogP contribution is 2.26. The molecular formula is C35H51N7O4. The number of aryl methyl sites for hydroxylation is 2. The highest BCUT2D eigenvalue weighted by molar-refractivity contribution is 5.91. The van der Waals surface area contributed by atoms with E-state index in [9.17, 15) is 14.4 Å². The number of anilines is 2. The molecule has 0 bridgehead atoms. The van der Waals surface area contributed by atoms with E-state index in [4.69, 9.17) is 10.5 Å². The van der Waals surface area contributed by atoms with Crippen molar-refractivity contribution < 1.29 is 20.5 Å². The van der Waals surface area contributed by atoms with Crippen molar-refractivity contribution in [1.29, 1.82) is 0 Å². The first kappa shape index (κ1) is 32.1. The highest BCUT2D eigenvalue weighted by atomic mass is 16.6. The Kier molecular flexibility index (Phi) is 9.98. The minimum atomic E-state index is -0.923. The lowest BCUT2D eigenvalue weighted by atomic mass is 9.99. The van der Waals surface area contributed by atoms with E-state index in [-0.39, 0.29) is 19.4 Å². The van der Waals surface area contributed by atoms with Crippen LogP contribution < -0.4 is 16.4 Å². The summed E-state index contributed by atoms with van der Waals surface area (Å²) >= 11 is 0. The van der Waals surface area contributed by atoms with Crippen molar-refractivity contribution in [3.05, 3.63) is 58.7 Å². The number of carbonyl (C=O) groups is 3. The van der Waals surface area contributed by atoms with Crippen LogP contribution in [0.25, 0.3) is 0 Å². The van der Waals surface area contributed by atoms with Crippen LogP contribution in [-0.4, -0.2) is 115 Å². The fraction of sp³-hybridized carbons (Fsp3) is 0.571. The van der Waals surface area contributed by atoms with Crippen molar-refractivity contribution in [3.8, 4) is 0 Å². The van der Waals surface area contributed by atoms with Gasteiger partial charge in [-0.3, -0.25) is 9.69 Å². The number of piperidine rings is 2. The van der Waals surface area contributed by atoms with Crippen LogP contribution in [-0.2, 0) is 22.4 Å². The number of rotatable bonds is 6. The number of benzene rings is 2. The molecule has 0 aliphatic carbocycles. The predicted molar refractivity (Wildman–Crippen MR) is 181 cm³/mol. The minimum Gasteiger partial charge on any atom is -0.436 e. The number of nitrogens with zero attached hydrogens (tertiary/aromatic N) is 4. The molecule has 0 saturated carbocycles. The van der Waals surface area contributed by atoms with Crippen molar-refractivity contribution in [1.82, 2.24) is 24.9 Å². The first-order chi connectivity index (χ1) is 22.3. The molecule has 2 aromatic carbocycles. The Hall–Kier alpha value is -3.83. The topological polar surface area (TPSA) is 123 Å². The largest absolute Gasteiger partial charge is 0.436 e. The van der Waals surface area contributed by atoms with Gasteiger partial charge in [0.15, 0.2) is 6.10 Å². The lowest BCUT2D eigenvalue weighted by Gasteiger charge is -2.41. The second-order valence-corrected chi connectivity index (χ2v) is 13.3. The molecular weight excluding hydrogens is 582 g/mol. The Morgan fingerprint density at radius 1 is 0.913 bits per heavy atom. The van der Waals surface area contributed by atoms with Crippen molar-refractivity contribution >= 4 is 29.4 Å². The maximum Gasteiger partial charge on any atom is 0.410 e. The Morgan fingerprint density at radius 3 is 2.28 bits per heavy atom. The molecule has 6 rings (SSSR count). The second kappa shape index (κ2) is 14.3. The fourth-order valence-corrected chi connectivity index (χ4v) is 7.55. The van der Waals surface area contributed by atoms with Crippen molar-refractivity contribution in [2.24, 2.45) is 0 Å². The molecule has 1 atom stereocenters. The van der Waals surface area contributed by atoms with Gasteiger partial charge in [0.1, 0.15) is 0 Å². The number of amides is 4. The molecule has 4 aliphatic heterocycles. The molecule has 4 amide bonds. The van der Waals surface area contributed by atoms with Gasteiger partial charge in [-0.05, 0) is 87.4 Å². The number of nitrogens with one attached hydrogen (secondary N) is 2. The van der Waals surface area contributed by atoms with Gasteiger partial charge in [-0.2, -0.15) is 0 Å². The molecule has 11 nitrogen and oxygen atoms in total. The van der Waals surface area contributed by atoms with Gasteiger partial charge in [-0.25, -0.2) is 9.59 Å². The minimum absolute atomic E-state index is 0. The molecule has 0 aromatic heterocycles. The van der Waals surface area contributed by atoms with Crippen molar-refractivity contribution in [2.45, 2.75) is 70.6 Å². The molecule has 4 N–H and O–H groups in total. The summed E-state index contributed by atoms with van der Waals surface area (Å²) in [6, 6.07) is 12.4. The first-order valence-corrected chi connectivity index (χ1v) is 17.0. The van der Waals surface area contributed by atoms with Gasteiger partial charge >= 0.3 is 12.1 Å². The Morgan fingerprint density at radius 2 is 1.59 bits per heavy atom. The quantitative estimate of drug-likeness (QED) is 0.415. The molecule has 3 saturated heterocycles. The number of likely N-dealkylation sites (tertiary alicyclic amines) is 1. The fourth-order valence-electron chi connectivity index (χ4n) is 7.55. The number of carbonyl (C=O) groups excluding carboxylic acids is 3. The number of nitrogens with two attached hydrogens (primary N) is 1. The number of hydrogen-bond donors (Lipinski definition) is 3. The van der Waals surface area contributed by atoms with Gasteiger partial charge in [-0.1, -0.05) is 30.3 Å². The van der Waals surface area contributed by atoms with E-state index in [1.165, 1.54) is 0 Å². The average molecular weight is 634 g/mol. The van der Waals surface area contributed by atoms with Crippen LogP contribution >= 0.6 is 0 Å². The van der Waals surface area contributed by atoms with Crippen LogP contribution in [0.2, 0.25) is 0 Å². The van der Waals surface area contributed by atoms with E-state index in [2.05, 4.69) is 21.6 Å². The van der Waals surface area contributed by atoms with Gasteiger partial charge in [0.05, 0.1) is 0 Å². The molecule has 4 heterocycles. The third kappa shape index (κ3) is 7.25. The summed E-state index contributed by atoms with van der Waals surface area (Å²) in [7, 11) is 0. The van der Waals surface area contributed by atoms with Gasteiger partial charge in [0, 0.05) is 77.1 Å². The van der Waals surface area contributed by atoms with E-state index in [0.29, 0.717) is 58.0 Å². The lowest BCUT2D eigenvalue weighted by molar-refractivity contribution is -0.143. The molecule has 11 heteroatoms. The van der Waals surface area contributed by atoms with Crippen LogP contribution in [0, 0.1) is 13.8 Å². The average Bonchev–Trinajstić information content (AvgIpc) is 3.25. The number of hydrogen-bond acceptors (Lipinski definition) is 7. The highest BCUT2D eigenvalue weighted by Gasteiger charge is 2.36. The van der Waals surface area contributed by atoms with Crippen LogP contribution in [0.5, 0.6) is 0 Å². The Labute approximate surface area is 273 Å². The first-order valence-electron chi connectivity index (χ1n) is 17.0. The van der Waals surface area contributed by atoms with Crippen molar-refractivity contribution in [2.75, 3.05) is 70.0 Å². The molecule has 250 valence electrons. The number of urea groups is 1. The maximum atomic E-state index is 14.0. The van der Waals surface area contributed by atoms with Crippen molar-refractivity contribution in [3.63, 3.8) is 0 Å². The SMILES string of the molecule is Cc1cc(C[C@@H](OC(=O)N2CCC(N3CCc4ccccc4NC3=O)CC2)C(=O)N2CCN(C3CCNCC3)CC2)cc(C)c1N.[HH]. The smallest absolute Gasteiger partial charge is 0.410 e. The molecule has 46 heavy (non-hydrogen) atoms. The molecule has 0 radical (unpaired) electrons. The number of ether oxygens (including phenoxy) is 1. The van der Waals surface area contributed by atoms with Gasteiger partial charge in [0.2, 0.25) is 0 Å². The van der Waals surface area contributed by atoms with E-state index in [1.54, 1.807) is 4.90 Å². The summed E-state index contributed by atoms with van der Waals surface area (Å²) in [5, 5.41) is 6.49. The third-order valence-electron chi connectivity index (χ3n) is 10.3. The predicted octanol–water partition coefficient (Wildman–Crippen LogP) is 3.63. The summed E-state index contributed by atoms with van der Waals surface area (Å²) in [4.78, 5) is 48.6. The van der Waals surface area contributed by atoms with Crippen LogP contribution in [0.1, 0.15) is 49.4 Å². The zero-order valence-electron chi connectivity index (χ0n) is 27.3. The number of nitrogen functional groups attached to an aromatic ring is 1. The van der Waals surface area contributed by atoms with Gasteiger partial charge in [0.25, 0.3) is 5.91 Å². The van der Waals surface area contributed by atoms with Gasteiger partial charge in [-0.15, -0.1) is 0 Å². The number of para-hydroxylation sites is 1. The molecule has 3 fully saturated rings. The zero-order chi connectivity index (χ0) is 32.2. The normalized spacial score (nSPS) is 20.9. The molecule has 0 unspecified atom stereocenters. The molecule has 4 aliphatic rings. The van der Waals surface area contributed by atoms with Crippen LogP contribution in [0.4, 0.5) is 21.0 Å². The monoisotopic (exact) mass is 633 g/mol. The number of fused-ring (bicyclic) bond motifs is 1.